The van der Waals surface area contributed by atoms with E-state index in [2.05, 4.69) is 28.8 Å². The van der Waals surface area contributed by atoms with Crippen LogP contribution in [0.2, 0.25) is 0 Å². The molecule has 0 aliphatic carbocycles. The van der Waals surface area contributed by atoms with Crippen molar-refractivity contribution in [2.75, 3.05) is 18.6 Å². The standard InChI is InChI=1S/C19H18F3N5O3S.C3H8/c1-10(29)12-7-23-18(25-17(12)19(20,21)22)26-3-4-27-14-6-15(31-30-2)11(9-28)5-13(14)24-16(27)8-26;1-3-2/h5-7,28H,3-4,8-9H2,1-2H3;3H2,1-2H3. The van der Waals surface area contributed by atoms with E-state index >= 15 is 0 Å². The first-order valence-electron chi connectivity index (χ1n) is 10.7. The molecule has 0 unspecified atom stereocenters. The van der Waals surface area contributed by atoms with Gasteiger partial charge in [-0.1, -0.05) is 20.3 Å². The summed E-state index contributed by atoms with van der Waals surface area (Å²) in [7, 11) is 1.53. The second-order valence-electron chi connectivity index (χ2n) is 7.65. The smallest absolute Gasteiger partial charge is 0.392 e. The number of benzene rings is 1. The molecule has 0 amide bonds. The minimum Gasteiger partial charge on any atom is -0.392 e. The molecule has 1 N–H and O–H groups in total. The first kappa shape index (κ1) is 25.9. The molecule has 1 aromatic carbocycles. The number of carbonyl (C=O) groups excluding carboxylic acids is 1. The third-order valence-corrected chi connectivity index (χ3v) is 5.71. The fraction of sp³-hybridized carbons (Fsp3) is 0.455. The van der Waals surface area contributed by atoms with Crippen LogP contribution in [-0.2, 0) is 30.1 Å². The molecule has 3 heterocycles. The third-order valence-electron chi connectivity index (χ3n) is 4.99. The van der Waals surface area contributed by atoms with E-state index in [0.29, 0.717) is 30.0 Å². The molecule has 8 nitrogen and oxygen atoms in total. The van der Waals surface area contributed by atoms with Crippen molar-refractivity contribution in [1.29, 1.82) is 0 Å². The highest BCUT2D eigenvalue weighted by Crippen LogP contribution is 2.33. The van der Waals surface area contributed by atoms with E-state index in [1.807, 2.05) is 10.6 Å². The highest BCUT2D eigenvalue weighted by Gasteiger charge is 2.38. The van der Waals surface area contributed by atoms with Crippen molar-refractivity contribution in [1.82, 2.24) is 19.5 Å². The number of imidazole rings is 1. The van der Waals surface area contributed by atoms with Gasteiger partial charge in [0.2, 0.25) is 5.95 Å². The maximum absolute atomic E-state index is 13.4. The number of anilines is 1. The topological polar surface area (TPSA) is 93.4 Å². The lowest BCUT2D eigenvalue weighted by Crippen LogP contribution is -2.35. The van der Waals surface area contributed by atoms with Crippen molar-refractivity contribution in [3.05, 3.63) is 41.0 Å². The molecule has 0 atom stereocenters. The predicted octanol–water partition coefficient (Wildman–Crippen LogP) is 4.63. The summed E-state index contributed by atoms with van der Waals surface area (Å²) in [5, 5.41) is 9.61. The van der Waals surface area contributed by atoms with E-state index < -0.39 is 23.2 Å². The first-order chi connectivity index (χ1) is 16.1. The second-order valence-corrected chi connectivity index (χ2v) is 8.59. The van der Waals surface area contributed by atoms with E-state index in [1.54, 1.807) is 11.0 Å². The highest BCUT2D eigenvalue weighted by atomic mass is 32.2. The zero-order chi connectivity index (χ0) is 25.0. The Labute approximate surface area is 199 Å². The molecule has 1 aliphatic heterocycles. The fourth-order valence-corrected chi connectivity index (χ4v) is 4.12. The molecular formula is C22H26F3N5O3S. The molecule has 1 aliphatic rings. The van der Waals surface area contributed by atoms with Crippen LogP contribution < -0.4 is 4.90 Å². The van der Waals surface area contributed by atoms with Crippen molar-refractivity contribution in [3.63, 3.8) is 0 Å². The maximum atomic E-state index is 13.4. The number of rotatable bonds is 5. The summed E-state index contributed by atoms with van der Waals surface area (Å²) in [6, 6.07) is 3.65. The Kier molecular flexibility index (Phi) is 8.16. The zero-order valence-electron chi connectivity index (χ0n) is 19.3. The molecule has 184 valence electrons. The van der Waals surface area contributed by atoms with Crippen LogP contribution in [0.1, 0.15) is 54.6 Å². The molecular weight excluding hydrogens is 471 g/mol. The van der Waals surface area contributed by atoms with E-state index in [1.165, 1.54) is 13.5 Å². The number of nitrogens with zero attached hydrogens (tertiary/aromatic N) is 5. The van der Waals surface area contributed by atoms with Gasteiger partial charge in [0.1, 0.15) is 5.82 Å². The van der Waals surface area contributed by atoms with Crippen LogP contribution in [0.5, 0.6) is 0 Å². The first-order valence-corrected chi connectivity index (χ1v) is 11.4. The van der Waals surface area contributed by atoms with Gasteiger partial charge in [-0.05, 0) is 24.6 Å². The van der Waals surface area contributed by atoms with Gasteiger partial charge in [0.25, 0.3) is 0 Å². The van der Waals surface area contributed by atoms with Crippen molar-refractivity contribution in [2.24, 2.45) is 0 Å². The molecule has 0 fully saturated rings. The molecule has 0 saturated carbocycles. The Balaban J connectivity index is 0.00000103. The Morgan fingerprint density at radius 3 is 2.53 bits per heavy atom. The highest BCUT2D eigenvalue weighted by molar-refractivity contribution is 7.94. The average Bonchev–Trinajstić information content (AvgIpc) is 3.14. The largest absolute Gasteiger partial charge is 0.434 e. The van der Waals surface area contributed by atoms with Crippen LogP contribution in [-0.4, -0.2) is 44.1 Å². The van der Waals surface area contributed by atoms with Gasteiger partial charge in [0.05, 0.1) is 36.9 Å². The lowest BCUT2D eigenvalue weighted by molar-refractivity contribution is -0.141. The van der Waals surface area contributed by atoms with Gasteiger partial charge in [0, 0.05) is 36.2 Å². The van der Waals surface area contributed by atoms with Gasteiger partial charge in [-0.25, -0.2) is 15.0 Å². The number of aliphatic hydroxyl groups excluding tert-OH is 1. The minimum absolute atomic E-state index is 0.109. The minimum atomic E-state index is -4.77. The monoisotopic (exact) mass is 497 g/mol. The third kappa shape index (κ3) is 5.34. The Hall–Kier alpha value is -2.70. The van der Waals surface area contributed by atoms with Gasteiger partial charge in [-0.3, -0.25) is 4.79 Å². The van der Waals surface area contributed by atoms with Crippen LogP contribution in [0, 0.1) is 0 Å². The summed E-state index contributed by atoms with van der Waals surface area (Å²) >= 11 is 1.13. The van der Waals surface area contributed by atoms with Gasteiger partial charge >= 0.3 is 6.18 Å². The van der Waals surface area contributed by atoms with E-state index in [4.69, 9.17) is 4.18 Å². The van der Waals surface area contributed by atoms with Gasteiger partial charge in [-0.2, -0.15) is 13.2 Å². The summed E-state index contributed by atoms with van der Waals surface area (Å²) in [5.74, 6) is -0.219. The van der Waals surface area contributed by atoms with Crippen molar-refractivity contribution < 1.29 is 27.3 Å². The number of ketones is 1. The maximum Gasteiger partial charge on any atom is 0.434 e. The number of halogens is 3. The number of hydrogen-bond donors (Lipinski definition) is 1. The second kappa shape index (κ2) is 10.7. The number of alkyl halides is 3. The molecule has 12 heteroatoms. The SMILES string of the molecule is CCC.COSc1cc2c(cc1CO)nc1n2CCN(c2ncc(C(C)=O)c(C(F)(F)F)n2)C1. The molecule has 0 spiro atoms. The lowest BCUT2D eigenvalue weighted by Gasteiger charge is -2.28. The fourth-order valence-electron chi connectivity index (χ4n) is 3.55. The molecule has 0 saturated heterocycles. The van der Waals surface area contributed by atoms with Crippen LogP contribution in [0.15, 0.2) is 23.2 Å². The van der Waals surface area contributed by atoms with Crippen LogP contribution in [0.25, 0.3) is 11.0 Å². The zero-order valence-corrected chi connectivity index (χ0v) is 20.1. The molecule has 0 radical (unpaired) electrons. The summed E-state index contributed by atoms with van der Waals surface area (Å²) < 4.78 is 47.3. The normalized spacial score (nSPS) is 13.5. The van der Waals surface area contributed by atoms with E-state index in [9.17, 15) is 23.1 Å². The number of aromatic nitrogens is 4. The van der Waals surface area contributed by atoms with Crippen LogP contribution in [0.3, 0.4) is 0 Å². The molecule has 2 aromatic heterocycles. The molecule has 3 aromatic rings. The quantitative estimate of drug-likeness (QED) is 0.403. The summed E-state index contributed by atoms with van der Waals surface area (Å²) in [4.78, 5) is 26.2. The van der Waals surface area contributed by atoms with Crippen molar-refractivity contribution >= 4 is 34.8 Å². The van der Waals surface area contributed by atoms with Gasteiger partial charge in [-0.15, -0.1) is 0 Å². The summed E-state index contributed by atoms with van der Waals surface area (Å²) in [6.07, 6.45) is -2.59. The Morgan fingerprint density at radius 1 is 1.24 bits per heavy atom. The predicted molar refractivity (Wildman–Crippen MR) is 123 cm³/mol. The van der Waals surface area contributed by atoms with Gasteiger partial charge in [0.15, 0.2) is 11.5 Å². The molecule has 4 rings (SSSR count). The van der Waals surface area contributed by atoms with E-state index in [0.717, 1.165) is 35.6 Å². The van der Waals surface area contributed by atoms with Crippen LogP contribution >= 0.6 is 12.0 Å². The number of fused-ring (bicyclic) bond motifs is 3. The van der Waals surface area contributed by atoms with Crippen LogP contribution in [0.4, 0.5) is 19.1 Å². The summed E-state index contributed by atoms with van der Waals surface area (Å²) in [6.45, 7) is 6.15. The number of hydrogen-bond acceptors (Lipinski definition) is 8. The number of aliphatic hydroxyl groups is 1. The Morgan fingerprint density at radius 2 is 1.94 bits per heavy atom. The summed E-state index contributed by atoms with van der Waals surface area (Å²) in [5.41, 5.74) is 0.392. The number of carbonyl (C=O) groups is 1. The molecule has 34 heavy (non-hydrogen) atoms. The van der Waals surface area contributed by atoms with Crippen molar-refractivity contribution in [3.8, 4) is 0 Å². The average molecular weight is 498 g/mol. The van der Waals surface area contributed by atoms with E-state index in [-0.39, 0.29) is 19.1 Å². The number of Topliss-reactive ketones (excluding diaryl/α,β-unsaturated/α-hetero) is 1. The Bertz CT molecular complexity index is 1180. The van der Waals surface area contributed by atoms with Crippen molar-refractivity contribution in [2.45, 2.75) is 58.0 Å². The van der Waals surface area contributed by atoms with Gasteiger partial charge < -0.3 is 18.8 Å². The molecule has 0 bridgehead atoms. The lowest BCUT2D eigenvalue weighted by atomic mass is 10.1.